The van der Waals surface area contributed by atoms with Crippen molar-refractivity contribution in [3.8, 4) is 0 Å². The zero-order valence-electron chi connectivity index (χ0n) is 12.4. The number of carbonyl (C=O) groups is 2. The van der Waals surface area contributed by atoms with Crippen LogP contribution < -0.4 is 5.32 Å². The Morgan fingerprint density at radius 3 is 2.16 bits per heavy atom. The van der Waals surface area contributed by atoms with E-state index in [0.29, 0.717) is 0 Å². The van der Waals surface area contributed by atoms with E-state index >= 15 is 0 Å². The van der Waals surface area contributed by atoms with Gasteiger partial charge >= 0.3 is 6.09 Å². The number of nitrogens with zero attached hydrogens (tertiary/aromatic N) is 1. The van der Waals surface area contributed by atoms with E-state index < -0.39 is 17.7 Å². The molecule has 19 heavy (non-hydrogen) atoms. The largest absolute Gasteiger partial charge is 0.465 e. The second-order valence-electron chi connectivity index (χ2n) is 6.34. The highest BCUT2D eigenvalue weighted by atomic mass is 16.4. The summed E-state index contributed by atoms with van der Waals surface area (Å²) in [5.74, 6) is -0.191. The first-order chi connectivity index (χ1) is 8.73. The van der Waals surface area contributed by atoms with Gasteiger partial charge in [-0.1, -0.05) is 19.3 Å². The third-order valence-corrected chi connectivity index (χ3v) is 3.65. The molecular formula is C14H26N2O3. The van der Waals surface area contributed by atoms with Gasteiger partial charge in [0.15, 0.2) is 0 Å². The number of hydrogen-bond acceptors (Lipinski definition) is 2. The Labute approximate surface area is 115 Å². The summed E-state index contributed by atoms with van der Waals surface area (Å²) in [5, 5.41) is 12.3. The fourth-order valence-corrected chi connectivity index (χ4v) is 2.72. The third kappa shape index (κ3) is 4.40. The number of carbonyl (C=O) groups excluding carboxylic acids is 1. The summed E-state index contributed by atoms with van der Waals surface area (Å²) >= 11 is 0. The van der Waals surface area contributed by atoms with Gasteiger partial charge < -0.3 is 10.4 Å². The second kappa shape index (κ2) is 6.26. The molecular weight excluding hydrogens is 244 g/mol. The fraction of sp³-hybridized carbons (Fsp3) is 0.857. The van der Waals surface area contributed by atoms with E-state index in [2.05, 4.69) is 5.32 Å². The predicted molar refractivity (Wildman–Crippen MR) is 74.1 cm³/mol. The molecule has 1 aliphatic rings. The summed E-state index contributed by atoms with van der Waals surface area (Å²) < 4.78 is 0. The first kappa shape index (κ1) is 15.8. The zero-order valence-corrected chi connectivity index (χ0v) is 12.4. The SMILES string of the molecule is C[C@@H](C(=O)NC1CCCCC1)N(C(=O)O)C(C)(C)C. The number of amides is 2. The summed E-state index contributed by atoms with van der Waals surface area (Å²) in [4.78, 5) is 24.7. The van der Waals surface area contributed by atoms with Gasteiger partial charge in [-0.3, -0.25) is 9.69 Å². The van der Waals surface area contributed by atoms with Crippen molar-refractivity contribution in [2.45, 2.75) is 77.4 Å². The average Bonchev–Trinajstić information content (AvgIpc) is 2.27. The Bertz CT molecular complexity index is 330. The van der Waals surface area contributed by atoms with Crippen LogP contribution in [0.4, 0.5) is 4.79 Å². The van der Waals surface area contributed by atoms with E-state index in [9.17, 15) is 14.7 Å². The van der Waals surface area contributed by atoms with Crippen molar-refractivity contribution in [2.75, 3.05) is 0 Å². The van der Waals surface area contributed by atoms with Crippen molar-refractivity contribution < 1.29 is 14.7 Å². The van der Waals surface area contributed by atoms with Crippen molar-refractivity contribution in [1.82, 2.24) is 10.2 Å². The van der Waals surface area contributed by atoms with Gasteiger partial charge in [0.05, 0.1) is 0 Å². The number of carboxylic acid groups (broad SMARTS) is 1. The van der Waals surface area contributed by atoms with Crippen LogP contribution in [0.1, 0.15) is 59.8 Å². The molecule has 1 saturated carbocycles. The summed E-state index contributed by atoms with van der Waals surface area (Å²) in [5.41, 5.74) is -0.588. The molecule has 0 radical (unpaired) electrons. The van der Waals surface area contributed by atoms with Crippen LogP contribution in [-0.2, 0) is 4.79 Å². The molecule has 0 aromatic rings. The highest BCUT2D eigenvalue weighted by Gasteiger charge is 2.35. The average molecular weight is 270 g/mol. The van der Waals surface area contributed by atoms with Crippen LogP contribution in [-0.4, -0.2) is 39.6 Å². The van der Waals surface area contributed by atoms with Crippen LogP contribution in [0, 0.1) is 0 Å². The molecule has 2 N–H and O–H groups in total. The summed E-state index contributed by atoms with van der Waals surface area (Å²) in [6.45, 7) is 7.04. The van der Waals surface area contributed by atoms with E-state index in [1.54, 1.807) is 27.7 Å². The smallest absolute Gasteiger partial charge is 0.408 e. The molecule has 2 amide bonds. The van der Waals surface area contributed by atoms with Gasteiger partial charge in [-0.05, 0) is 40.5 Å². The van der Waals surface area contributed by atoms with Gasteiger partial charge in [0, 0.05) is 11.6 Å². The molecule has 0 aliphatic heterocycles. The van der Waals surface area contributed by atoms with Gasteiger partial charge in [-0.15, -0.1) is 0 Å². The molecule has 110 valence electrons. The maximum Gasteiger partial charge on any atom is 0.408 e. The molecule has 5 heteroatoms. The van der Waals surface area contributed by atoms with E-state index in [0.717, 1.165) is 25.7 Å². The lowest BCUT2D eigenvalue weighted by atomic mass is 9.95. The summed E-state index contributed by atoms with van der Waals surface area (Å²) in [6, 6.07) is -0.460. The molecule has 0 aromatic heterocycles. The summed E-state index contributed by atoms with van der Waals surface area (Å²) in [7, 11) is 0. The molecule has 1 fully saturated rings. The molecule has 0 unspecified atom stereocenters. The van der Waals surface area contributed by atoms with Gasteiger partial charge in [0.2, 0.25) is 5.91 Å². The van der Waals surface area contributed by atoms with Gasteiger partial charge in [0.25, 0.3) is 0 Å². The molecule has 1 atom stereocenters. The fourth-order valence-electron chi connectivity index (χ4n) is 2.72. The normalized spacial score (nSPS) is 18.7. The molecule has 0 spiro atoms. The summed E-state index contributed by atoms with van der Waals surface area (Å²) in [6.07, 6.45) is 4.45. The quantitative estimate of drug-likeness (QED) is 0.828. The van der Waals surface area contributed by atoms with Gasteiger partial charge in [-0.2, -0.15) is 0 Å². The van der Waals surface area contributed by atoms with Crippen LogP contribution in [0.15, 0.2) is 0 Å². The zero-order chi connectivity index (χ0) is 14.6. The maximum absolute atomic E-state index is 12.2. The van der Waals surface area contributed by atoms with Crippen LogP contribution in [0.2, 0.25) is 0 Å². The second-order valence-corrected chi connectivity index (χ2v) is 6.34. The van der Waals surface area contributed by atoms with E-state index in [4.69, 9.17) is 0 Å². The maximum atomic E-state index is 12.2. The number of hydrogen-bond donors (Lipinski definition) is 2. The molecule has 1 rings (SSSR count). The van der Waals surface area contributed by atoms with Gasteiger partial charge in [0.1, 0.15) is 6.04 Å². The monoisotopic (exact) mass is 270 g/mol. The number of nitrogens with one attached hydrogen (secondary N) is 1. The van der Waals surface area contributed by atoms with Crippen molar-refractivity contribution >= 4 is 12.0 Å². The van der Waals surface area contributed by atoms with Crippen molar-refractivity contribution in [3.05, 3.63) is 0 Å². The van der Waals surface area contributed by atoms with Gasteiger partial charge in [-0.25, -0.2) is 4.79 Å². The molecule has 1 aliphatic carbocycles. The minimum Gasteiger partial charge on any atom is -0.465 e. The topological polar surface area (TPSA) is 69.6 Å². The molecule has 0 saturated heterocycles. The Morgan fingerprint density at radius 1 is 1.21 bits per heavy atom. The third-order valence-electron chi connectivity index (χ3n) is 3.65. The predicted octanol–water partition coefficient (Wildman–Crippen LogP) is 2.60. The minimum atomic E-state index is -1.06. The lowest BCUT2D eigenvalue weighted by Crippen LogP contribution is -2.56. The Morgan fingerprint density at radius 2 is 1.74 bits per heavy atom. The van der Waals surface area contributed by atoms with Crippen molar-refractivity contribution in [1.29, 1.82) is 0 Å². The standard InChI is InChI=1S/C14H26N2O3/c1-10(16(13(18)19)14(2,3)4)12(17)15-11-8-6-5-7-9-11/h10-11H,5-9H2,1-4H3,(H,15,17)(H,18,19)/t10-/m0/s1. The van der Waals surface area contributed by atoms with E-state index in [1.165, 1.54) is 11.3 Å². The first-order valence-corrected chi connectivity index (χ1v) is 7.06. The van der Waals surface area contributed by atoms with E-state index in [1.807, 2.05) is 0 Å². The molecule has 0 bridgehead atoms. The first-order valence-electron chi connectivity index (χ1n) is 7.06. The lowest BCUT2D eigenvalue weighted by molar-refractivity contribution is -0.127. The number of rotatable bonds is 3. The van der Waals surface area contributed by atoms with E-state index in [-0.39, 0.29) is 11.9 Å². The Kier molecular flexibility index (Phi) is 5.20. The van der Waals surface area contributed by atoms with Crippen LogP contribution in [0.3, 0.4) is 0 Å². The van der Waals surface area contributed by atoms with Crippen molar-refractivity contribution in [2.24, 2.45) is 0 Å². The molecule has 0 aromatic carbocycles. The highest BCUT2D eigenvalue weighted by Crippen LogP contribution is 2.20. The Hall–Kier alpha value is -1.26. The van der Waals surface area contributed by atoms with Crippen molar-refractivity contribution in [3.63, 3.8) is 0 Å². The Balaban J connectivity index is 2.65. The molecule has 0 heterocycles. The molecule has 5 nitrogen and oxygen atoms in total. The van der Waals surface area contributed by atoms with Crippen LogP contribution >= 0.6 is 0 Å². The van der Waals surface area contributed by atoms with Crippen LogP contribution in [0.25, 0.3) is 0 Å². The highest BCUT2D eigenvalue weighted by molar-refractivity contribution is 5.85. The van der Waals surface area contributed by atoms with Crippen LogP contribution in [0.5, 0.6) is 0 Å². The minimum absolute atomic E-state index is 0.191. The lowest BCUT2D eigenvalue weighted by Gasteiger charge is -2.38.